The van der Waals surface area contributed by atoms with Crippen LogP contribution in [0.25, 0.3) is 0 Å². The van der Waals surface area contributed by atoms with Crippen molar-refractivity contribution in [1.82, 2.24) is 14.9 Å². The van der Waals surface area contributed by atoms with Gasteiger partial charge in [-0.15, -0.1) is 24.0 Å². The molecule has 166 valence electrons. The molecule has 0 aliphatic carbocycles. The van der Waals surface area contributed by atoms with Crippen LogP contribution in [0.4, 0.5) is 0 Å². The van der Waals surface area contributed by atoms with Gasteiger partial charge in [0.2, 0.25) is 10.0 Å². The Morgan fingerprint density at radius 1 is 1.28 bits per heavy atom. The first-order valence-corrected chi connectivity index (χ1v) is 12.0. The maximum Gasteiger partial charge on any atom is 0.211 e. The van der Waals surface area contributed by atoms with E-state index in [2.05, 4.69) is 15.6 Å². The highest BCUT2D eigenvalue weighted by Crippen LogP contribution is 2.20. The minimum absolute atomic E-state index is 0. The predicted molar refractivity (Wildman–Crippen MR) is 124 cm³/mol. The Kier molecular flexibility index (Phi) is 10.2. The van der Waals surface area contributed by atoms with E-state index in [1.807, 2.05) is 12.1 Å². The minimum atomic E-state index is -3.18. The number of hydrogen-bond donors (Lipinski definition) is 2. The zero-order chi connectivity index (χ0) is 19.8. The van der Waals surface area contributed by atoms with Crippen molar-refractivity contribution in [2.45, 2.75) is 50.7 Å². The Hall–Kier alpha value is -0.850. The van der Waals surface area contributed by atoms with Gasteiger partial charge in [0.25, 0.3) is 0 Å². The summed E-state index contributed by atoms with van der Waals surface area (Å²) in [6, 6.07) is 3.76. The molecule has 8 nitrogen and oxygen atoms in total. The normalized spacial score (nSPS) is 23.6. The zero-order valence-electron chi connectivity index (χ0n) is 17.0. The molecule has 2 saturated heterocycles. The lowest BCUT2D eigenvalue weighted by Gasteiger charge is -2.24. The SMILES string of the molecule is CS(=O)(=O)N1CCC[C@@H]1CN=C(NCCc1ccco1)NCC1CCCCO1.I. The Morgan fingerprint density at radius 3 is 2.83 bits per heavy atom. The van der Waals surface area contributed by atoms with E-state index in [9.17, 15) is 8.42 Å². The first-order chi connectivity index (χ1) is 13.5. The van der Waals surface area contributed by atoms with Crippen molar-refractivity contribution in [3.05, 3.63) is 24.2 Å². The molecule has 1 unspecified atom stereocenters. The van der Waals surface area contributed by atoms with E-state index in [0.29, 0.717) is 32.1 Å². The maximum atomic E-state index is 11.9. The molecule has 2 aliphatic heterocycles. The van der Waals surface area contributed by atoms with Crippen LogP contribution in [0.5, 0.6) is 0 Å². The van der Waals surface area contributed by atoms with Crippen LogP contribution in [0.2, 0.25) is 0 Å². The van der Waals surface area contributed by atoms with Crippen molar-refractivity contribution < 1.29 is 17.6 Å². The lowest BCUT2D eigenvalue weighted by atomic mass is 10.1. The van der Waals surface area contributed by atoms with Crippen molar-refractivity contribution >= 4 is 40.0 Å². The predicted octanol–water partition coefficient (Wildman–Crippen LogP) is 1.97. The van der Waals surface area contributed by atoms with Gasteiger partial charge in [-0.1, -0.05) is 0 Å². The summed E-state index contributed by atoms with van der Waals surface area (Å²) in [6.45, 7) is 3.24. The van der Waals surface area contributed by atoms with Crippen LogP contribution >= 0.6 is 24.0 Å². The number of nitrogens with one attached hydrogen (secondary N) is 2. The van der Waals surface area contributed by atoms with Crippen molar-refractivity contribution in [3.63, 3.8) is 0 Å². The van der Waals surface area contributed by atoms with Gasteiger partial charge in [0, 0.05) is 38.7 Å². The first-order valence-electron chi connectivity index (χ1n) is 10.2. The van der Waals surface area contributed by atoms with Crippen LogP contribution in [0.15, 0.2) is 27.8 Å². The summed E-state index contributed by atoms with van der Waals surface area (Å²) in [6.07, 6.45) is 9.01. The van der Waals surface area contributed by atoms with Crippen LogP contribution in [-0.4, -0.2) is 69.9 Å². The Morgan fingerprint density at radius 2 is 2.14 bits per heavy atom. The van der Waals surface area contributed by atoms with Gasteiger partial charge in [-0.2, -0.15) is 4.31 Å². The topological polar surface area (TPSA) is 96.2 Å². The van der Waals surface area contributed by atoms with Crippen LogP contribution in [-0.2, 0) is 21.2 Å². The Bertz CT molecular complexity index is 721. The van der Waals surface area contributed by atoms with Gasteiger partial charge >= 0.3 is 0 Å². The number of ether oxygens (including phenoxy) is 1. The number of sulfonamides is 1. The highest BCUT2D eigenvalue weighted by Gasteiger charge is 2.31. The number of rotatable bonds is 8. The summed E-state index contributed by atoms with van der Waals surface area (Å²) in [5.74, 6) is 1.61. The molecular formula is C19H33IN4O4S. The van der Waals surface area contributed by atoms with Crippen LogP contribution in [0.3, 0.4) is 0 Å². The van der Waals surface area contributed by atoms with Gasteiger partial charge in [0.1, 0.15) is 5.76 Å². The monoisotopic (exact) mass is 540 g/mol. The molecule has 1 aromatic heterocycles. The fraction of sp³-hybridized carbons (Fsp3) is 0.737. The van der Waals surface area contributed by atoms with E-state index < -0.39 is 10.0 Å². The fourth-order valence-electron chi connectivity index (χ4n) is 3.74. The fourth-order valence-corrected chi connectivity index (χ4v) is 4.91. The molecule has 0 spiro atoms. The highest BCUT2D eigenvalue weighted by molar-refractivity contribution is 14.0. The largest absolute Gasteiger partial charge is 0.469 e. The number of furan rings is 1. The van der Waals surface area contributed by atoms with Gasteiger partial charge in [-0.25, -0.2) is 8.42 Å². The molecule has 1 aromatic rings. The molecule has 0 aromatic carbocycles. The lowest BCUT2D eigenvalue weighted by Crippen LogP contribution is -2.44. The minimum Gasteiger partial charge on any atom is -0.469 e. The van der Waals surface area contributed by atoms with Crippen LogP contribution < -0.4 is 10.6 Å². The molecular weight excluding hydrogens is 507 g/mol. The summed E-state index contributed by atoms with van der Waals surface area (Å²) in [4.78, 5) is 4.67. The van der Waals surface area contributed by atoms with Crippen molar-refractivity contribution in [2.24, 2.45) is 4.99 Å². The van der Waals surface area contributed by atoms with Gasteiger partial charge in [0.05, 0.1) is 25.2 Å². The number of halogens is 1. The number of nitrogens with zero attached hydrogens (tertiary/aromatic N) is 2. The number of hydrogen-bond acceptors (Lipinski definition) is 5. The average Bonchev–Trinajstić information content (AvgIpc) is 3.35. The molecule has 3 rings (SSSR count). The van der Waals surface area contributed by atoms with E-state index >= 15 is 0 Å². The summed E-state index contributed by atoms with van der Waals surface area (Å²) in [5.41, 5.74) is 0. The molecule has 2 atom stereocenters. The van der Waals surface area contributed by atoms with Crippen LogP contribution in [0, 0.1) is 0 Å². The van der Waals surface area contributed by atoms with Gasteiger partial charge in [0.15, 0.2) is 5.96 Å². The highest BCUT2D eigenvalue weighted by atomic mass is 127. The molecule has 29 heavy (non-hydrogen) atoms. The van der Waals surface area contributed by atoms with Crippen molar-refractivity contribution in [3.8, 4) is 0 Å². The quantitative estimate of drug-likeness (QED) is 0.298. The standard InChI is InChI=1S/C19H32N4O4S.HI/c1-28(24,25)23-11-4-6-16(23)14-21-19(20-10-9-17-8-5-13-26-17)22-15-18-7-2-3-12-27-18;/h5,8,13,16,18H,2-4,6-7,9-12,14-15H2,1H3,(H2,20,21,22);1H/t16-,18?;/m1./s1. The summed E-state index contributed by atoms with van der Waals surface area (Å²) in [7, 11) is -3.18. The van der Waals surface area contributed by atoms with E-state index in [1.54, 1.807) is 10.6 Å². The van der Waals surface area contributed by atoms with Crippen molar-refractivity contribution in [1.29, 1.82) is 0 Å². The molecule has 2 N–H and O–H groups in total. The summed E-state index contributed by atoms with van der Waals surface area (Å²) >= 11 is 0. The molecule has 10 heteroatoms. The molecule has 2 aliphatic rings. The molecule has 0 bridgehead atoms. The number of guanidine groups is 1. The Balaban J connectivity index is 0.00000300. The smallest absolute Gasteiger partial charge is 0.211 e. The third-order valence-corrected chi connectivity index (χ3v) is 6.56. The second-order valence-electron chi connectivity index (χ2n) is 7.48. The summed E-state index contributed by atoms with van der Waals surface area (Å²) in [5, 5.41) is 6.69. The molecule has 0 radical (unpaired) electrons. The van der Waals surface area contributed by atoms with E-state index in [-0.39, 0.29) is 36.1 Å². The molecule has 2 fully saturated rings. The van der Waals surface area contributed by atoms with Gasteiger partial charge in [-0.05, 0) is 44.2 Å². The van der Waals surface area contributed by atoms with Gasteiger partial charge < -0.3 is 19.8 Å². The van der Waals surface area contributed by atoms with Crippen molar-refractivity contribution in [2.75, 3.05) is 39.0 Å². The van der Waals surface area contributed by atoms with E-state index in [4.69, 9.17) is 9.15 Å². The second kappa shape index (κ2) is 12.1. The second-order valence-corrected chi connectivity index (χ2v) is 9.42. The Labute approximate surface area is 190 Å². The third-order valence-electron chi connectivity index (χ3n) is 5.22. The number of aliphatic imine (C=N–C) groups is 1. The first kappa shape index (κ1) is 24.4. The molecule has 0 saturated carbocycles. The maximum absolute atomic E-state index is 11.9. The third kappa shape index (κ3) is 8.06. The van der Waals surface area contributed by atoms with Crippen LogP contribution in [0.1, 0.15) is 37.9 Å². The van der Waals surface area contributed by atoms with E-state index in [1.165, 1.54) is 12.7 Å². The summed E-state index contributed by atoms with van der Waals surface area (Å²) < 4.78 is 36.6. The van der Waals surface area contributed by atoms with E-state index in [0.717, 1.165) is 44.5 Å². The van der Waals surface area contributed by atoms with Gasteiger partial charge in [-0.3, -0.25) is 4.99 Å². The molecule has 3 heterocycles. The lowest BCUT2D eigenvalue weighted by molar-refractivity contribution is 0.0194. The average molecular weight is 540 g/mol. The zero-order valence-corrected chi connectivity index (χ0v) is 20.2. The molecule has 0 amide bonds.